The Labute approximate surface area is 164 Å². The number of anilines is 3. The minimum absolute atomic E-state index is 0.0306. The number of para-hydroxylation sites is 3. The van der Waals surface area contributed by atoms with Crippen LogP contribution in [0, 0.1) is 0 Å². The van der Waals surface area contributed by atoms with Gasteiger partial charge in [-0.1, -0.05) is 37.3 Å². The lowest BCUT2D eigenvalue weighted by Crippen LogP contribution is -2.42. The molecule has 2 aromatic carbocycles. The summed E-state index contributed by atoms with van der Waals surface area (Å²) in [6.07, 6.45) is 0.0808. The van der Waals surface area contributed by atoms with Crippen molar-refractivity contribution in [3.8, 4) is 0 Å². The van der Waals surface area contributed by atoms with Gasteiger partial charge in [0.15, 0.2) is 0 Å². The van der Waals surface area contributed by atoms with Crippen LogP contribution in [0.4, 0.5) is 17.1 Å². The number of hydrogen-bond donors (Lipinski definition) is 3. The Bertz CT molecular complexity index is 881. The average Bonchev–Trinajstić information content (AvgIpc) is 2.70. The maximum Gasteiger partial charge on any atom is 0.244 e. The molecule has 7 nitrogen and oxygen atoms in total. The molecule has 0 unspecified atom stereocenters. The summed E-state index contributed by atoms with van der Waals surface area (Å²) in [5.74, 6) is -0.723. The molecule has 146 valence electrons. The van der Waals surface area contributed by atoms with Crippen LogP contribution in [0.2, 0.25) is 0 Å². The highest BCUT2D eigenvalue weighted by Gasteiger charge is 2.26. The Morgan fingerprint density at radius 1 is 1.07 bits per heavy atom. The summed E-state index contributed by atoms with van der Waals surface area (Å²) < 4.78 is 0. The van der Waals surface area contributed by atoms with E-state index < -0.39 is 0 Å². The Kier molecular flexibility index (Phi) is 6.39. The number of carbonyl (C=O) groups is 3. The number of rotatable bonds is 7. The molecule has 1 aliphatic heterocycles. The van der Waals surface area contributed by atoms with Crippen LogP contribution in [0.15, 0.2) is 48.5 Å². The molecule has 3 rings (SSSR count). The van der Waals surface area contributed by atoms with Crippen molar-refractivity contribution in [2.24, 2.45) is 0 Å². The number of nitrogens with one attached hydrogen (secondary N) is 3. The average molecular weight is 380 g/mol. The number of carbonyl (C=O) groups excluding carboxylic acids is 3. The van der Waals surface area contributed by atoms with E-state index in [9.17, 15) is 14.4 Å². The van der Waals surface area contributed by atoms with Crippen molar-refractivity contribution in [3.63, 3.8) is 0 Å². The summed E-state index contributed by atoms with van der Waals surface area (Å²) in [5, 5.41) is 8.86. The van der Waals surface area contributed by atoms with Crippen LogP contribution in [-0.4, -0.2) is 30.8 Å². The van der Waals surface area contributed by atoms with E-state index in [0.29, 0.717) is 17.9 Å². The highest BCUT2D eigenvalue weighted by atomic mass is 16.2. The lowest BCUT2D eigenvalue weighted by atomic mass is 10.1. The van der Waals surface area contributed by atoms with Gasteiger partial charge in [0.05, 0.1) is 11.4 Å². The van der Waals surface area contributed by atoms with Gasteiger partial charge in [-0.25, -0.2) is 0 Å². The van der Waals surface area contributed by atoms with Crippen LogP contribution >= 0.6 is 0 Å². The van der Waals surface area contributed by atoms with Crippen LogP contribution < -0.4 is 20.9 Å². The number of benzene rings is 2. The molecule has 1 heterocycles. The first-order chi connectivity index (χ1) is 13.6. The van der Waals surface area contributed by atoms with Crippen molar-refractivity contribution < 1.29 is 14.4 Å². The van der Waals surface area contributed by atoms with Crippen molar-refractivity contribution in [1.29, 1.82) is 0 Å². The predicted molar refractivity (Wildman–Crippen MR) is 109 cm³/mol. The molecule has 0 aliphatic carbocycles. The van der Waals surface area contributed by atoms with Crippen LogP contribution in [0.3, 0.4) is 0 Å². The molecule has 0 fully saturated rings. The molecule has 0 radical (unpaired) electrons. The van der Waals surface area contributed by atoms with E-state index in [1.54, 1.807) is 18.2 Å². The van der Waals surface area contributed by atoms with Gasteiger partial charge in [-0.05, 0) is 30.3 Å². The van der Waals surface area contributed by atoms with Crippen LogP contribution in [0.25, 0.3) is 0 Å². The summed E-state index contributed by atoms with van der Waals surface area (Å²) >= 11 is 0. The van der Waals surface area contributed by atoms with Gasteiger partial charge in [-0.3, -0.25) is 14.4 Å². The SMILES string of the molecule is CCNCc1ccccc1NC(=O)CCC(=O)N1CC(=O)Nc2ccccc21. The Hall–Kier alpha value is -3.19. The van der Waals surface area contributed by atoms with E-state index in [2.05, 4.69) is 16.0 Å². The second kappa shape index (κ2) is 9.14. The fourth-order valence-corrected chi connectivity index (χ4v) is 3.08. The van der Waals surface area contributed by atoms with Crippen LogP contribution in [0.1, 0.15) is 25.3 Å². The molecule has 0 saturated heterocycles. The second-order valence-corrected chi connectivity index (χ2v) is 6.53. The summed E-state index contributed by atoms with van der Waals surface area (Å²) in [5.41, 5.74) is 2.99. The third-order valence-corrected chi connectivity index (χ3v) is 4.49. The van der Waals surface area contributed by atoms with Gasteiger partial charge in [0, 0.05) is 25.1 Å². The molecule has 3 N–H and O–H groups in total. The topological polar surface area (TPSA) is 90.5 Å². The molecule has 0 saturated carbocycles. The van der Waals surface area contributed by atoms with Crippen molar-refractivity contribution in [2.45, 2.75) is 26.3 Å². The van der Waals surface area contributed by atoms with E-state index in [-0.39, 0.29) is 37.1 Å². The molecule has 0 aromatic heterocycles. The van der Waals surface area contributed by atoms with E-state index in [1.165, 1.54) is 4.90 Å². The molecule has 0 spiro atoms. The van der Waals surface area contributed by atoms with E-state index in [4.69, 9.17) is 0 Å². The lowest BCUT2D eigenvalue weighted by Gasteiger charge is -2.29. The van der Waals surface area contributed by atoms with E-state index in [1.807, 2.05) is 37.3 Å². The highest BCUT2D eigenvalue weighted by molar-refractivity contribution is 6.10. The molecular weight excluding hydrogens is 356 g/mol. The fraction of sp³-hybridized carbons (Fsp3) is 0.286. The van der Waals surface area contributed by atoms with E-state index >= 15 is 0 Å². The van der Waals surface area contributed by atoms with E-state index in [0.717, 1.165) is 17.8 Å². The predicted octanol–water partition coefficient (Wildman–Crippen LogP) is 2.50. The van der Waals surface area contributed by atoms with Gasteiger partial charge in [0.1, 0.15) is 6.54 Å². The smallest absolute Gasteiger partial charge is 0.244 e. The first-order valence-electron chi connectivity index (χ1n) is 9.36. The molecule has 2 aromatic rings. The van der Waals surface area contributed by atoms with Crippen LogP contribution in [-0.2, 0) is 20.9 Å². The summed E-state index contributed by atoms with van der Waals surface area (Å²) in [6.45, 7) is 3.47. The molecule has 7 heteroatoms. The summed E-state index contributed by atoms with van der Waals surface area (Å²) in [4.78, 5) is 38.3. The summed E-state index contributed by atoms with van der Waals surface area (Å²) in [7, 11) is 0. The van der Waals surface area contributed by atoms with Gasteiger partial charge in [-0.2, -0.15) is 0 Å². The molecular formula is C21H24N4O3. The molecule has 3 amide bonds. The Balaban J connectivity index is 1.60. The minimum Gasteiger partial charge on any atom is -0.326 e. The van der Waals surface area contributed by atoms with Crippen molar-refractivity contribution in [3.05, 3.63) is 54.1 Å². The fourth-order valence-electron chi connectivity index (χ4n) is 3.08. The van der Waals surface area contributed by atoms with Crippen LogP contribution in [0.5, 0.6) is 0 Å². The minimum atomic E-state index is -0.251. The van der Waals surface area contributed by atoms with Gasteiger partial charge in [-0.15, -0.1) is 0 Å². The number of nitrogens with zero attached hydrogens (tertiary/aromatic N) is 1. The summed E-state index contributed by atoms with van der Waals surface area (Å²) in [6, 6.07) is 14.7. The first-order valence-corrected chi connectivity index (χ1v) is 9.36. The second-order valence-electron chi connectivity index (χ2n) is 6.53. The number of amides is 3. The van der Waals surface area contributed by atoms with Gasteiger partial charge >= 0.3 is 0 Å². The molecule has 0 atom stereocenters. The first kappa shape index (κ1) is 19.6. The van der Waals surface area contributed by atoms with Crippen molar-refractivity contribution in [2.75, 3.05) is 28.6 Å². The largest absolute Gasteiger partial charge is 0.326 e. The normalized spacial score (nSPS) is 12.9. The Morgan fingerprint density at radius 2 is 1.82 bits per heavy atom. The lowest BCUT2D eigenvalue weighted by molar-refractivity contribution is -0.124. The van der Waals surface area contributed by atoms with Crippen molar-refractivity contribution >= 4 is 34.8 Å². The zero-order valence-electron chi connectivity index (χ0n) is 15.8. The molecule has 0 bridgehead atoms. The monoisotopic (exact) mass is 380 g/mol. The number of hydrogen-bond acceptors (Lipinski definition) is 4. The third kappa shape index (κ3) is 4.75. The molecule has 1 aliphatic rings. The van der Waals surface area contributed by atoms with Gasteiger partial charge < -0.3 is 20.9 Å². The maximum atomic E-state index is 12.6. The Morgan fingerprint density at radius 3 is 2.64 bits per heavy atom. The standard InChI is InChI=1S/C21H24N4O3/c1-2-22-13-15-7-3-4-8-16(15)23-19(26)11-12-21(28)25-14-20(27)24-17-9-5-6-10-18(17)25/h3-10,22H,2,11-14H2,1H3,(H,23,26)(H,24,27). The van der Waals surface area contributed by atoms with Gasteiger partial charge in [0.25, 0.3) is 0 Å². The molecule has 28 heavy (non-hydrogen) atoms. The zero-order valence-corrected chi connectivity index (χ0v) is 15.8. The highest BCUT2D eigenvalue weighted by Crippen LogP contribution is 2.29. The quantitative estimate of drug-likeness (QED) is 0.688. The number of fused-ring (bicyclic) bond motifs is 1. The third-order valence-electron chi connectivity index (χ3n) is 4.49. The maximum absolute atomic E-state index is 12.6. The van der Waals surface area contributed by atoms with Gasteiger partial charge in [0.2, 0.25) is 17.7 Å². The van der Waals surface area contributed by atoms with Crippen molar-refractivity contribution in [1.82, 2.24) is 5.32 Å². The zero-order chi connectivity index (χ0) is 19.9.